The minimum absolute atomic E-state index is 0.00129. The Labute approximate surface area is 159 Å². The highest BCUT2D eigenvalue weighted by Gasteiger charge is 2.34. The van der Waals surface area contributed by atoms with Gasteiger partial charge in [0.1, 0.15) is 17.1 Å². The van der Waals surface area contributed by atoms with E-state index in [9.17, 15) is 4.79 Å². The monoisotopic (exact) mass is 373 g/mol. The van der Waals surface area contributed by atoms with E-state index in [1.54, 1.807) is 7.11 Å². The predicted molar refractivity (Wildman–Crippen MR) is 103 cm³/mol. The van der Waals surface area contributed by atoms with Crippen LogP contribution < -0.4 is 14.8 Å². The van der Waals surface area contributed by atoms with Gasteiger partial charge in [-0.25, -0.2) is 0 Å². The van der Waals surface area contributed by atoms with Gasteiger partial charge in [0.25, 0.3) is 0 Å². The molecule has 3 rings (SSSR count). The summed E-state index contributed by atoms with van der Waals surface area (Å²) < 4.78 is 11.4. The van der Waals surface area contributed by atoms with E-state index in [4.69, 9.17) is 21.1 Å². The number of benzene rings is 2. The molecule has 5 heteroatoms. The summed E-state index contributed by atoms with van der Waals surface area (Å²) in [7, 11) is 1.63. The average Bonchev–Trinajstić information content (AvgIpc) is 2.60. The maximum Gasteiger partial charge on any atom is 0.220 e. The van der Waals surface area contributed by atoms with Gasteiger partial charge in [-0.2, -0.15) is 0 Å². The van der Waals surface area contributed by atoms with Crippen LogP contribution in [-0.4, -0.2) is 18.6 Å². The molecule has 0 aromatic heterocycles. The maximum absolute atomic E-state index is 12.5. The quantitative estimate of drug-likeness (QED) is 0.826. The summed E-state index contributed by atoms with van der Waals surface area (Å²) in [6.07, 6.45) is 1.70. The molecule has 1 aliphatic heterocycles. The zero-order valence-electron chi connectivity index (χ0n) is 15.3. The number of hydrogen-bond donors (Lipinski definition) is 1. The minimum Gasteiger partial charge on any atom is -0.497 e. The molecule has 1 unspecified atom stereocenters. The fraction of sp³-hybridized carbons (Fsp3) is 0.381. The van der Waals surface area contributed by atoms with Gasteiger partial charge in [0.05, 0.1) is 13.2 Å². The van der Waals surface area contributed by atoms with Crippen LogP contribution >= 0.6 is 11.6 Å². The molecule has 0 bridgehead atoms. The number of carbonyl (C=O) groups is 1. The van der Waals surface area contributed by atoms with Gasteiger partial charge in [0.2, 0.25) is 5.91 Å². The first-order valence-electron chi connectivity index (χ1n) is 8.78. The summed E-state index contributed by atoms with van der Waals surface area (Å²) in [5.41, 5.74) is 1.59. The van der Waals surface area contributed by atoms with Gasteiger partial charge < -0.3 is 14.8 Å². The molecule has 138 valence electrons. The summed E-state index contributed by atoms with van der Waals surface area (Å²) in [4.78, 5) is 12.5. The second-order valence-corrected chi connectivity index (χ2v) is 7.59. The first-order valence-corrected chi connectivity index (χ1v) is 9.15. The van der Waals surface area contributed by atoms with Crippen molar-refractivity contribution in [1.82, 2.24) is 5.32 Å². The number of ether oxygens (including phenoxy) is 2. The predicted octanol–water partition coefficient (Wildman–Crippen LogP) is 4.70. The molecule has 26 heavy (non-hydrogen) atoms. The lowest BCUT2D eigenvalue weighted by Crippen LogP contribution is -2.41. The van der Waals surface area contributed by atoms with Crippen LogP contribution in [-0.2, 0) is 11.2 Å². The van der Waals surface area contributed by atoms with Crippen molar-refractivity contribution in [2.75, 3.05) is 7.11 Å². The Morgan fingerprint density at radius 1 is 1.31 bits per heavy atom. The van der Waals surface area contributed by atoms with Crippen molar-refractivity contribution in [3.63, 3.8) is 0 Å². The number of nitrogens with one attached hydrogen (secondary N) is 1. The molecule has 2 aromatic rings. The Kier molecular flexibility index (Phi) is 5.42. The van der Waals surface area contributed by atoms with Crippen molar-refractivity contribution in [3.05, 3.63) is 58.6 Å². The number of rotatable bonds is 5. The Bertz CT molecular complexity index is 804. The van der Waals surface area contributed by atoms with Crippen LogP contribution in [0, 0.1) is 0 Å². The number of halogens is 1. The van der Waals surface area contributed by atoms with E-state index in [0.717, 1.165) is 22.6 Å². The van der Waals surface area contributed by atoms with E-state index >= 15 is 0 Å². The van der Waals surface area contributed by atoms with Crippen molar-refractivity contribution < 1.29 is 14.3 Å². The number of amides is 1. The fourth-order valence-electron chi connectivity index (χ4n) is 3.30. The van der Waals surface area contributed by atoms with E-state index in [-0.39, 0.29) is 17.6 Å². The average molecular weight is 374 g/mol. The maximum atomic E-state index is 12.5. The molecule has 1 N–H and O–H groups in total. The molecule has 0 spiro atoms. The van der Waals surface area contributed by atoms with Crippen molar-refractivity contribution in [1.29, 1.82) is 0 Å². The fourth-order valence-corrected chi connectivity index (χ4v) is 3.53. The van der Waals surface area contributed by atoms with Gasteiger partial charge >= 0.3 is 0 Å². The Balaban J connectivity index is 1.72. The smallest absolute Gasteiger partial charge is 0.220 e. The second kappa shape index (κ2) is 7.58. The summed E-state index contributed by atoms with van der Waals surface area (Å²) >= 11 is 6.18. The van der Waals surface area contributed by atoms with Gasteiger partial charge in [-0.3, -0.25) is 4.79 Å². The summed E-state index contributed by atoms with van der Waals surface area (Å²) in [6.45, 7) is 4.06. The van der Waals surface area contributed by atoms with E-state index < -0.39 is 0 Å². The van der Waals surface area contributed by atoms with Gasteiger partial charge in [0, 0.05) is 23.4 Å². The summed E-state index contributed by atoms with van der Waals surface area (Å²) in [5, 5.41) is 3.85. The van der Waals surface area contributed by atoms with Crippen LogP contribution in [0.25, 0.3) is 0 Å². The largest absolute Gasteiger partial charge is 0.497 e. The molecule has 0 radical (unpaired) electrons. The number of carbonyl (C=O) groups excluding carboxylic acids is 1. The van der Waals surface area contributed by atoms with Crippen molar-refractivity contribution in [2.24, 2.45) is 0 Å². The third kappa shape index (κ3) is 4.31. The first kappa shape index (κ1) is 18.6. The first-order chi connectivity index (χ1) is 12.4. The molecular formula is C21H24ClNO3. The molecule has 1 aliphatic rings. The van der Waals surface area contributed by atoms with Crippen LogP contribution in [0.5, 0.6) is 11.5 Å². The normalized spacial score (nSPS) is 17.8. The second-order valence-electron chi connectivity index (χ2n) is 7.18. The molecular weight excluding hydrogens is 350 g/mol. The van der Waals surface area contributed by atoms with Crippen LogP contribution in [0.4, 0.5) is 0 Å². The lowest BCUT2D eigenvalue weighted by Gasteiger charge is -2.38. The lowest BCUT2D eigenvalue weighted by atomic mass is 9.89. The third-order valence-electron chi connectivity index (χ3n) is 4.59. The van der Waals surface area contributed by atoms with Crippen molar-refractivity contribution in [3.8, 4) is 11.5 Å². The molecule has 0 fully saturated rings. The molecule has 0 aliphatic carbocycles. The molecule has 0 saturated heterocycles. The SMILES string of the molecule is COc1ccc2c(c1)C(NC(=O)CCc1ccccc1Cl)CC(C)(C)O2. The topological polar surface area (TPSA) is 47.6 Å². The van der Waals surface area contributed by atoms with E-state index in [2.05, 4.69) is 5.32 Å². The van der Waals surface area contributed by atoms with Crippen LogP contribution in [0.2, 0.25) is 5.02 Å². The summed E-state index contributed by atoms with van der Waals surface area (Å²) in [5.74, 6) is 1.54. The van der Waals surface area contributed by atoms with Gasteiger partial charge in [-0.1, -0.05) is 29.8 Å². The van der Waals surface area contributed by atoms with Gasteiger partial charge in [0.15, 0.2) is 0 Å². The third-order valence-corrected chi connectivity index (χ3v) is 4.96. The highest BCUT2D eigenvalue weighted by molar-refractivity contribution is 6.31. The molecule has 1 amide bonds. The van der Waals surface area contributed by atoms with Gasteiger partial charge in [-0.05, 0) is 50.1 Å². The molecule has 1 atom stereocenters. The molecule has 2 aromatic carbocycles. The van der Waals surface area contributed by atoms with Crippen LogP contribution in [0.3, 0.4) is 0 Å². The van der Waals surface area contributed by atoms with Gasteiger partial charge in [-0.15, -0.1) is 0 Å². The molecule has 4 nitrogen and oxygen atoms in total. The Morgan fingerprint density at radius 3 is 2.81 bits per heavy atom. The number of fused-ring (bicyclic) bond motifs is 1. The standard InChI is InChI=1S/C21H24ClNO3/c1-21(2)13-18(16-12-15(25-3)9-10-19(16)26-21)23-20(24)11-8-14-6-4-5-7-17(14)22/h4-7,9-10,12,18H,8,11,13H2,1-3H3,(H,23,24). The Morgan fingerprint density at radius 2 is 2.08 bits per heavy atom. The van der Waals surface area contributed by atoms with Crippen LogP contribution in [0.1, 0.15) is 43.9 Å². The van der Waals surface area contributed by atoms with Crippen molar-refractivity contribution >= 4 is 17.5 Å². The number of hydrogen-bond acceptors (Lipinski definition) is 3. The van der Waals surface area contributed by atoms with Crippen LogP contribution in [0.15, 0.2) is 42.5 Å². The number of aryl methyl sites for hydroxylation is 1. The number of methoxy groups -OCH3 is 1. The van der Waals surface area contributed by atoms with Crippen molar-refractivity contribution in [2.45, 2.75) is 44.8 Å². The molecule has 1 heterocycles. The highest BCUT2D eigenvalue weighted by atomic mass is 35.5. The lowest BCUT2D eigenvalue weighted by molar-refractivity contribution is -0.122. The highest BCUT2D eigenvalue weighted by Crippen LogP contribution is 2.41. The van der Waals surface area contributed by atoms with E-state index in [1.165, 1.54) is 0 Å². The van der Waals surface area contributed by atoms with E-state index in [1.807, 2.05) is 56.3 Å². The van der Waals surface area contributed by atoms with E-state index in [0.29, 0.717) is 24.3 Å². The zero-order chi connectivity index (χ0) is 18.7. The minimum atomic E-state index is -0.345. The Hall–Kier alpha value is -2.20. The summed E-state index contributed by atoms with van der Waals surface area (Å²) in [6, 6.07) is 13.2. The molecule has 0 saturated carbocycles. The zero-order valence-corrected chi connectivity index (χ0v) is 16.1.